The van der Waals surface area contributed by atoms with Crippen molar-refractivity contribution in [1.82, 2.24) is 29.5 Å². The molecule has 3 fully saturated rings. The Hall–Kier alpha value is -3.30. The van der Waals surface area contributed by atoms with Crippen molar-refractivity contribution in [3.05, 3.63) is 23.0 Å². The van der Waals surface area contributed by atoms with E-state index in [2.05, 4.69) is 5.10 Å². The lowest BCUT2D eigenvalue weighted by Crippen LogP contribution is -2.53. The van der Waals surface area contributed by atoms with Crippen LogP contribution in [0.1, 0.15) is 53.3 Å². The molecule has 2 aromatic rings. The molecule has 0 bridgehead atoms. The van der Waals surface area contributed by atoms with Gasteiger partial charge < -0.3 is 9.80 Å². The molecule has 4 heterocycles. The van der Waals surface area contributed by atoms with Gasteiger partial charge in [-0.15, -0.1) is 0 Å². The Kier molecular flexibility index (Phi) is 4.94. The van der Waals surface area contributed by atoms with Crippen LogP contribution in [0.3, 0.4) is 0 Å². The first-order valence-corrected chi connectivity index (χ1v) is 11.1. The summed E-state index contributed by atoms with van der Waals surface area (Å²) in [6.45, 7) is 3.21. The van der Waals surface area contributed by atoms with Gasteiger partial charge in [0.25, 0.3) is 5.91 Å². The largest absolute Gasteiger partial charge is 0.338 e. The summed E-state index contributed by atoms with van der Waals surface area (Å²) in [5.74, 6) is -0.514. The van der Waals surface area contributed by atoms with Gasteiger partial charge in [0.2, 0.25) is 17.7 Å². The van der Waals surface area contributed by atoms with Gasteiger partial charge in [-0.05, 0) is 25.8 Å². The lowest BCUT2D eigenvalue weighted by Gasteiger charge is -2.35. The number of rotatable bonds is 4. The van der Waals surface area contributed by atoms with E-state index in [0.29, 0.717) is 37.7 Å². The summed E-state index contributed by atoms with van der Waals surface area (Å²) in [6, 6.07) is 1.92. The number of fused-ring (bicyclic) bond motifs is 1. The first-order chi connectivity index (χ1) is 15.3. The van der Waals surface area contributed by atoms with E-state index in [9.17, 15) is 19.2 Å². The predicted molar refractivity (Wildman–Crippen MR) is 114 cm³/mol. The van der Waals surface area contributed by atoms with Crippen LogP contribution in [0.2, 0.25) is 0 Å². The van der Waals surface area contributed by atoms with Crippen LogP contribution in [0, 0.1) is 6.92 Å². The van der Waals surface area contributed by atoms with Crippen molar-refractivity contribution in [3.8, 4) is 0 Å². The van der Waals surface area contributed by atoms with Crippen molar-refractivity contribution in [2.45, 2.75) is 38.5 Å². The number of carbonyl (C=O) groups is 4. The van der Waals surface area contributed by atoms with Gasteiger partial charge in [0.1, 0.15) is 6.54 Å². The molecule has 1 aliphatic carbocycles. The smallest absolute Gasteiger partial charge is 0.254 e. The van der Waals surface area contributed by atoms with Crippen molar-refractivity contribution in [1.29, 1.82) is 0 Å². The molecule has 0 atom stereocenters. The maximum Gasteiger partial charge on any atom is 0.254 e. The van der Waals surface area contributed by atoms with Gasteiger partial charge in [0.15, 0.2) is 5.65 Å². The fourth-order valence-corrected chi connectivity index (χ4v) is 4.58. The van der Waals surface area contributed by atoms with Crippen LogP contribution in [0.5, 0.6) is 0 Å². The molecular formula is C22H26N6O4. The van der Waals surface area contributed by atoms with Gasteiger partial charge in [0, 0.05) is 57.7 Å². The molecule has 10 heteroatoms. The molecule has 0 radical (unpaired) electrons. The number of hydrogen-bond acceptors (Lipinski definition) is 6. The molecule has 1 saturated carbocycles. The van der Waals surface area contributed by atoms with Crippen LogP contribution in [0.15, 0.2) is 6.07 Å². The Balaban J connectivity index is 1.31. The molecule has 0 aromatic carbocycles. The number of piperazine rings is 1. The van der Waals surface area contributed by atoms with E-state index in [1.54, 1.807) is 14.5 Å². The third-order valence-electron chi connectivity index (χ3n) is 6.58. The van der Waals surface area contributed by atoms with Crippen molar-refractivity contribution in [2.24, 2.45) is 7.05 Å². The van der Waals surface area contributed by atoms with Gasteiger partial charge in [0.05, 0.1) is 16.6 Å². The van der Waals surface area contributed by atoms with Crippen molar-refractivity contribution >= 4 is 34.7 Å². The minimum Gasteiger partial charge on any atom is -0.338 e. The number of pyridine rings is 1. The first kappa shape index (κ1) is 20.6. The number of amides is 4. The number of aryl methyl sites for hydroxylation is 2. The second-order valence-electron chi connectivity index (χ2n) is 8.82. The molecule has 0 unspecified atom stereocenters. The SMILES string of the molecule is Cc1nn(C)c2nc(C3CC3)cc(C(=O)N3CCN(C(=O)CN4C(=O)CCC4=O)CC3)c12. The number of carbonyl (C=O) groups excluding carboxylic acids is 4. The molecule has 3 aliphatic rings. The van der Waals surface area contributed by atoms with Gasteiger partial charge >= 0.3 is 0 Å². The number of aromatic nitrogens is 3. The Morgan fingerprint density at radius 1 is 1.03 bits per heavy atom. The van der Waals surface area contributed by atoms with Crippen molar-refractivity contribution < 1.29 is 19.2 Å². The van der Waals surface area contributed by atoms with E-state index in [1.165, 1.54) is 0 Å². The Morgan fingerprint density at radius 2 is 1.66 bits per heavy atom. The van der Waals surface area contributed by atoms with Gasteiger partial charge in [-0.3, -0.25) is 28.8 Å². The Morgan fingerprint density at radius 3 is 2.28 bits per heavy atom. The van der Waals surface area contributed by atoms with Crippen LogP contribution < -0.4 is 0 Å². The highest BCUT2D eigenvalue weighted by atomic mass is 16.2. The minimum atomic E-state index is -0.294. The van der Waals surface area contributed by atoms with Crippen LogP contribution in [-0.2, 0) is 21.4 Å². The molecule has 32 heavy (non-hydrogen) atoms. The molecule has 168 valence electrons. The highest BCUT2D eigenvalue weighted by Crippen LogP contribution is 2.40. The summed E-state index contributed by atoms with van der Waals surface area (Å²) in [7, 11) is 1.84. The molecule has 10 nitrogen and oxygen atoms in total. The van der Waals surface area contributed by atoms with Gasteiger partial charge in [-0.25, -0.2) is 4.98 Å². The zero-order valence-electron chi connectivity index (χ0n) is 18.3. The Bertz CT molecular complexity index is 1130. The normalized spacial score (nSPS) is 19.4. The average Bonchev–Trinajstić information content (AvgIpc) is 3.54. The van der Waals surface area contributed by atoms with E-state index in [4.69, 9.17) is 4.98 Å². The van der Waals surface area contributed by atoms with E-state index in [-0.39, 0.29) is 43.0 Å². The summed E-state index contributed by atoms with van der Waals surface area (Å²) >= 11 is 0. The zero-order chi connectivity index (χ0) is 22.6. The summed E-state index contributed by atoms with van der Waals surface area (Å²) in [5, 5.41) is 5.25. The minimum absolute atomic E-state index is 0.0765. The molecule has 0 spiro atoms. The van der Waals surface area contributed by atoms with Crippen molar-refractivity contribution in [3.63, 3.8) is 0 Å². The van der Waals surface area contributed by atoms with Crippen LogP contribution in [0.4, 0.5) is 0 Å². The lowest BCUT2D eigenvalue weighted by atomic mass is 10.1. The van der Waals surface area contributed by atoms with Gasteiger partial charge in [-0.2, -0.15) is 5.10 Å². The molecule has 0 N–H and O–H groups in total. The molecule has 2 saturated heterocycles. The second kappa shape index (κ2) is 7.68. The summed E-state index contributed by atoms with van der Waals surface area (Å²) in [5.41, 5.74) is 3.06. The molecule has 2 aliphatic heterocycles. The molecule has 2 aromatic heterocycles. The fourth-order valence-electron chi connectivity index (χ4n) is 4.58. The molecule has 4 amide bonds. The van der Waals surface area contributed by atoms with E-state index >= 15 is 0 Å². The monoisotopic (exact) mass is 438 g/mol. The summed E-state index contributed by atoms with van der Waals surface area (Å²) in [6.07, 6.45) is 2.52. The van der Waals surface area contributed by atoms with Crippen LogP contribution >= 0.6 is 0 Å². The molecular weight excluding hydrogens is 412 g/mol. The number of imide groups is 1. The fraction of sp³-hybridized carbons (Fsp3) is 0.545. The zero-order valence-corrected chi connectivity index (χ0v) is 18.3. The number of hydrogen-bond donors (Lipinski definition) is 0. The average molecular weight is 438 g/mol. The highest BCUT2D eigenvalue weighted by Gasteiger charge is 2.34. The van der Waals surface area contributed by atoms with Crippen LogP contribution in [0.25, 0.3) is 11.0 Å². The maximum absolute atomic E-state index is 13.5. The first-order valence-electron chi connectivity index (χ1n) is 11.1. The van der Waals surface area contributed by atoms with E-state index < -0.39 is 0 Å². The maximum atomic E-state index is 13.5. The third-order valence-corrected chi connectivity index (χ3v) is 6.58. The van der Waals surface area contributed by atoms with Crippen LogP contribution in [-0.4, -0.2) is 85.8 Å². The predicted octanol–water partition coefficient (Wildman–Crippen LogP) is 0.588. The standard InChI is InChI=1S/C22H26N6O4/c1-13-20-15(11-16(14-3-4-14)23-21(20)25(2)24-13)22(32)27-9-7-26(8-10-27)19(31)12-28-17(29)5-6-18(28)30/h11,14H,3-10,12H2,1-2H3. The molecule has 5 rings (SSSR count). The van der Waals surface area contributed by atoms with E-state index in [0.717, 1.165) is 40.2 Å². The number of likely N-dealkylation sites (tertiary alicyclic amines) is 1. The van der Waals surface area contributed by atoms with Gasteiger partial charge in [-0.1, -0.05) is 0 Å². The Labute approximate surface area is 185 Å². The van der Waals surface area contributed by atoms with Crippen molar-refractivity contribution in [2.75, 3.05) is 32.7 Å². The third kappa shape index (κ3) is 3.53. The summed E-state index contributed by atoms with van der Waals surface area (Å²) in [4.78, 5) is 58.8. The quantitative estimate of drug-likeness (QED) is 0.647. The second-order valence-corrected chi connectivity index (χ2v) is 8.82. The lowest BCUT2D eigenvalue weighted by molar-refractivity contribution is -0.146. The van der Waals surface area contributed by atoms with E-state index in [1.807, 2.05) is 20.0 Å². The summed E-state index contributed by atoms with van der Waals surface area (Å²) < 4.78 is 1.73. The topological polar surface area (TPSA) is 109 Å². The highest BCUT2D eigenvalue weighted by molar-refractivity contribution is 6.07. The number of nitrogens with zero attached hydrogens (tertiary/aromatic N) is 6.